The highest BCUT2D eigenvalue weighted by atomic mass is 19.1. The summed E-state index contributed by atoms with van der Waals surface area (Å²) in [5.41, 5.74) is 7.92. The van der Waals surface area contributed by atoms with Crippen molar-refractivity contribution in [2.45, 2.75) is 24.8 Å². The molecular formula is C21H23FN4O2. The maximum atomic E-state index is 13.3. The van der Waals surface area contributed by atoms with Crippen LogP contribution in [0.5, 0.6) is 0 Å². The lowest BCUT2D eigenvalue weighted by Crippen LogP contribution is -2.49. The Kier molecular flexibility index (Phi) is 5.45. The summed E-state index contributed by atoms with van der Waals surface area (Å²) >= 11 is 0. The van der Waals surface area contributed by atoms with E-state index in [0.29, 0.717) is 18.7 Å². The number of ketones is 1. The highest BCUT2D eigenvalue weighted by Gasteiger charge is 2.38. The summed E-state index contributed by atoms with van der Waals surface area (Å²) in [6.45, 7) is 1.86. The monoisotopic (exact) mass is 382 g/mol. The van der Waals surface area contributed by atoms with E-state index in [4.69, 9.17) is 0 Å². The number of carbonyl (C=O) groups is 2. The van der Waals surface area contributed by atoms with E-state index in [-0.39, 0.29) is 23.7 Å². The summed E-state index contributed by atoms with van der Waals surface area (Å²) < 4.78 is 13.3. The maximum absolute atomic E-state index is 13.3. The molecule has 146 valence electrons. The van der Waals surface area contributed by atoms with Crippen LogP contribution in [-0.2, 0) is 4.79 Å². The molecule has 6 nitrogen and oxygen atoms in total. The molecule has 3 unspecified atom stereocenters. The van der Waals surface area contributed by atoms with Crippen LogP contribution in [0.4, 0.5) is 4.39 Å². The van der Waals surface area contributed by atoms with Crippen molar-refractivity contribution in [3.63, 3.8) is 0 Å². The second kappa shape index (κ2) is 8.16. The van der Waals surface area contributed by atoms with Gasteiger partial charge in [0.1, 0.15) is 5.82 Å². The Morgan fingerprint density at radius 2 is 2.00 bits per heavy atom. The number of pyridine rings is 1. The van der Waals surface area contributed by atoms with Crippen molar-refractivity contribution < 1.29 is 14.0 Å². The number of hydrogen-bond acceptors (Lipinski definition) is 5. The van der Waals surface area contributed by atoms with Crippen LogP contribution in [0.3, 0.4) is 0 Å². The number of piperidine rings is 1. The number of hydrazine groups is 1. The van der Waals surface area contributed by atoms with E-state index in [1.807, 2.05) is 12.1 Å². The number of rotatable bonds is 4. The topological polar surface area (TPSA) is 74.3 Å². The third-order valence-electron chi connectivity index (χ3n) is 5.69. The first kappa shape index (κ1) is 18.7. The van der Waals surface area contributed by atoms with Gasteiger partial charge in [0, 0.05) is 49.6 Å². The van der Waals surface area contributed by atoms with Gasteiger partial charge in [0.2, 0.25) is 0 Å². The van der Waals surface area contributed by atoms with Gasteiger partial charge < -0.3 is 4.90 Å². The Morgan fingerprint density at radius 3 is 2.75 bits per heavy atom. The van der Waals surface area contributed by atoms with Crippen LogP contribution >= 0.6 is 0 Å². The first-order valence-electron chi connectivity index (χ1n) is 9.61. The average molecular weight is 382 g/mol. The molecule has 0 aliphatic carbocycles. The zero-order valence-corrected chi connectivity index (χ0v) is 15.5. The number of amides is 1. The number of aromatic nitrogens is 1. The number of likely N-dealkylation sites (tertiary alicyclic amines) is 1. The number of carbonyl (C=O) groups excluding carboxylic acids is 2. The van der Waals surface area contributed by atoms with Crippen LogP contribution in [0, 0.1) is 11.7 Å². The maximum Gasteiger partial charge on any atom is 0.295 e. The van der Waals surface area contributed by atoms with Gasteiger partial charge in [-0.25, -0.2) is 4.39 Å². The molecule has 2 saturated heterocycles. The number of hydrogen-bond donors (Lipinski definition) is 2. The van der Waals surface area contributed by atoms with Crippen molar-refractivity contribution in [2.24, 2.45) is 5.92 Å². The van der Waals surface area contributed by atoms with Gasteiger partial charge >= 0.3 is 0 Å². The van der Waals surface area contributed by atoms with Crippen LogP contribution in [0.25, 0.3) is 0 Å². The molecule has 1 aromatic heterocycles. The molecule has 1 amide bonds. The Labute approximate surface area is 163 Å². The summed E-state index contributed by atoms with van der Waals surface area (Å²) in [6.07, 6.45) is 4.83. The zero-order valence-electron chi connectivity index (χ0n) is 15.5. The van der Waals surface area contributed by atoms with E-state index in [1.165, 1.54) is 18.3 Å². The van der Waals surface area contributed by atoms with E-state index in [9.17, 15) is 14.0 Å². The molecule has 7 heteroatoms. The molecule has 2 aromatic rings. The van der Waals surface area contributed by atoms with Gasteiger partial charge in [-0.1, -0.05) is 12.1 Å². The fraction of sp³-hybridized carbons (Fsp3) is 0.381. The fourth-order valence-electron chi connectivity index (χ4n) is 4.25. The molecule has 2 aliphatic rings. The normalized spacial score (nSPS) is 24.9. The largest absolute Gasteiger partial charge is 0.335 e. The lowest BCUT2D eigenvalue weighted by Gasteiger charge is -2.37. The van der Waals surface area contributed by atoms with E-state index in [2.05, 4.69) is 15.8 Å². The predicted octanol–water partition coefficient (Wildman–Crippen LogP) is 1.90. The zero-order chi connectivity index (χ0) is 19.5. The molecule has 1 aromatic carbocycles. The summed E-state index contributed by atoms with van der Waals surface area (Å²) in [7, 11) is 0. The number of Topliss-reactive ketones (excluding diaryl/α,β-unsaturated/α-hetero) is 1. The summed E-state index contributed by atoms with van der Waals surface area (Å²) in [5.74, 6) is -0.829. The minimum Gasteiger partial charge on any atom is -0.335 e. The molecule has 2 aliphatic heterocycles. The summed E-state index contributed by atoms with van der Waals surface area (Å²) in [6, 6.07) is 9.98. The van der Waals surface area contributed by atoms with Crippen molar-refractivity contribution in [3.05, 3.63) is 65.7 Å². The molecule has 2 N–H and O–H groups in total. The molecule has 3 atom stereocenters. The van der Waals surface area contributed by atoms with Gasteiger partial charge in [-0.3, -0.25) is 25.4 Å². The van der Waals surface area contributed by atoms with E-state index in [1.54, 1.807) is 23.2 Å². The molecule has 28 heavy (non-hydrogen) atoms. The average Bonchev–Trinajstić information content (AvgIpc) is 3.24. The fourth-order valence-corrected chi connectivity index (χ4v) is 4.25. The van der Waals surface area contributed by atoms with E-state index < -0.39 is 11.7 Å². The number of halogens is 1. The third kappa shape index (κ3) is 3.81. The quantitative estimate of drug-likeness (QED) is 0.624. The first-order chi connectivity index (χ1) is 13.6. The van der Waals surface area contributed by atoms with Crippen LogP contribution in [-0.4, -0.2) is 47.3 Å². The van der Waals surface area contributed by atoms with Gasteiger partial charge in [-0.05, 0) is 48.6 Å². The molecule has 0 bridgehead atoms. The highest BCUT2D eigenvalue weighted by molar-refractivity contribution is 6.42. The van der Waals surface area contributed by atoms with Crippen molar-refractivity contribution in [1.29, 1.82) is 0 Å². The molecule has 2 fully saturated rings. The van der Waals surface area contributed by atoms with Crippen molar-refractivity contribution in [1.82, 2.24) is 20.7 Å². The Morgan fingerprint density at radius 1 is 1.18 bits per heavy atom. The van der Waals surface area contributed by atoms with Gasteiger partial charge in [0.05, 0.1) is 0 Å². The molecule has 0 radical (unpaired) electrons. The van der Waals surface area contributed by atoms with Crippen LogP contribution < -0.4 is 10.9 Å². The first-order valence-corrected chi connectivity index (χ1v) is 9.61. The Hall–Kier alpha value is -2.64. The third-order valence-corrected chi connectivity index (χ3v) is 5.69. The van der Waals surface area contributed by atoms with Gasteiger partial charge in [0.15, 0.2) is 0 Å². The van der Waals surface area contributed by atoms with E-state index in [0.717, 1.165) is 24.9 Å². The van der Waals surface area contributed by atoms with Gasteiger partial charge in [-0.15, -0.1) is 0 Å². The smallest absolute Gasteiger partial charge is 0.295 e. The van der Waals surface area contributed by atoms with Crippen molar-refractivity contribution in [3.8, 4) is 0 Å². The van der Waals surface area contributed by atoms with Gasteiger partial charge in [-0.2, -0.15) is 0 Å². The molecule has 0 saturated carbocycles. The summed E-state index contributed by atoms with van der Waals surface area (Å²) in [4.78, 5) is 30.8. The lowest BCUT2D eigenvalue weighted by atomic mass is 9.81. The van der Waals surface area contributed by atoms with Gasteiger partial charge in [0.25, 0.3) is 11.7 Å². The standard InChI is InChI=1S/C21H23FN4O2/c22-17-7-5-14(6-8-17)18-12-24-25-19(18)16-4-2-10-26(13-16)21(28)20(27)15-3-1-9-23-11-15/h1,3,5-9,11,16,18-19,24-25H,2,4,10,12-13H2. The number of nitrogens with one attached hydrogen (secondary N) is 2. The molecular weight excluding hydrogens is 359 g/mol. The minimum absolute atomic E-state index is 0.120. The summed E-state index contributed by atoms with van der Waals surface area (Å²) in [5, 5.41) is 0. The SMILES string of the molecule is O=C(C(=O)N1CCCC(C2NNCC2c2ccc(F)cc2)C1)c1cccnc1. The molecule has 3 heterocycles. The molecule has 4 rings (SSSR count). The van der Waals surface area contributed by atoms with E-state index >= 15 is 0 Å². The van der Waals surface area contributed by atoms with Crippen LogP contribution in [0.15, 0.2) is 48.8 Å². The lowest BCUT2D eigenvalue weighted by molar-refractivity contribution is -0.128. The van der Waals surface area contributed by atoms with Crippen molar-refractivity contribution in [2.75, 3.05) is 19.6 Å². The Balaban J connectivity index is 1.46. The minimum atomic E-state index is -0.513. The van der Waals surface area contributed by atoms with Crippen LogP contribution in [0.2, 0.25) is 0 Å². The van der Waals surface area contributed by atoms with Crippen LogP contribution in [0.1, 0.15) is 34.7 Å². The molecule has 0 spiro atoms. The highest BCUT2D eigenvalue weighted by Crippen LogP contribution is 2.32. The number of nitrogens with zero attached hydrogens (tertiary/aromatic N) is 2. The van der Waals surface area contributed by atoms with Crippen molar-refractivity contribution >= 4 is 11.7 Å². The Bertz CT molecular complexity index is 843. The second-order valence-corrected chi connectivity index (χ2v) is 7.43. The number of benzene rings is 1. The second-order valence-electron chi connectivity index (χ2n) is 7.43. The predicted molar refractivity (Wildman–Crippen MR) is 102 cm³/mol.